The van der Waals surface area contributed by atoms with Crippen molar-refractivity contribution >= 4 is 15.9 Å². The fourth-order valence-corrected chi connectivity index (χ4v) is 5.07. The first-order valence-electron chi connectivity index (χ1n) is 9.12. The predicted molar refractivity (Wildman–Crippen MR) is 101 cm³/mol. The third-order valence-electron chi connectivity index (χ3n) is 5.16. The average molecular weight is 386 g/mol. The highest BCUT2D eigenvalue weighted by Gasteiger charge is 2.27. The van der Waals surface area contributed by atoms with Gasteiger partial charge in [0.05, 0.1) is 24.2 Å². The number of morpholine rings is 1. The van der Waals surface area contributed by atoms with E-state index in [4.69, 9.17) is 4.74 Å². The highest BCUT2D eigenvalue weighted by molar-refractivity contribution is 7.89. The second-order valence-electron chi connectivity index (χ2n) is 6.80. The van der Waals surface area contributed by atoms with Crippen LogP contribution in [0.3, 0.4) is 0 Å². The lowest BCUT2D eigenvalue weighted by Gasteiger charge is -2.26. The smallest absolute Gasteiger partial charge is 0.251 e. The fourth-order valence-electron chi connectivity index (χ4n) is 3.66. The number of benzene rings is 2. The van der Waals surface area contributed by atoms with Crippen LogP contribution in [0.15, 0.2) is 53.4 Å². The molecular formula is C20H22N2O4S. The van der Waals surface area contributed by atoms with Crippen LogP contribution >= 0.6 is 0 Å². The normalized spacial score (nSPS) is 20.2. The van der Waals surface area contributed by atoms with Gasteiger partial charge in [0.1, 0.15) is 0 Å². The third-order valence-corrected chi connectivity index (χ3v) is 7.08. The van der Waals surface area contributed by atoms with Gasteiger partial charge in [-0.3, -0.25) is 4.79 Å². The van der Waals surface area contributed by atoms with Crippen molar-refractivity contribution in [3.8, 4) is 0 Å². The Balaban J connectivity index is 1.47. The Labute approximate surface area is 159 Å². The van der Waals surface area contributed by atoms with Crippen LogP contribution in [0.1, 0.15) is 33.9 Å². The molecule has 0 spiro atoms. The van der Waals surface area contributed by atoms with Gasteiger partial charge in [-0.2, -0.15) is 4.31 Å². The Morgan fingerprint density at radius 3 is 2.48 bits per heavy atom. The number of nitrogens with one attached hydrogen (secondary N) is 1. The van der Waals surface area contributed by atoms with E-state index in [1.54, 1.807) is 12.1 Å². The maximum atomic E-state index is 12.7. The minimum absolute atomic E-state index is 0.00505. The monoisotopic (exact) mass is 386 g/mol. The van der Waals surface area contributed by atoms with E-state index in [9.17, 15) is 13.2 Å². The summed E-state index contributed by atoms with van der Waals surface area (Å²) in [6.07, 6.45) is 1.84. The number of aryl methyl sites for hydroxylation is 1. The van der Waals surface area contributed by atoms with E-state index in [1.807, 2.05) is 18.2 Å². The van der Waals surface area contributed by atoms with E-state index in [2.05, 4.69) is 11.4 Å². The molecule has 0 aromatic heterocycles. The van der Waals surface area contributed by atoms with Crippen LogP contribution < -0.4 is 5.32 Å². The van der Waals surface area contributed by atoms with Crippen LogP contribution in [0.2, 0.25) is 0 Å². The van der Waals surface area contributed by atoms with Gasteiger partial charge in [-0.1, -0.05) is 24.3 Å². The molecule has 142 valence electrons. The highest BCUT2D eigenvalue weighted by atomic mass is 32.2. The number of rotatable bonds is 4. The summed E-state index contributed by atoms with van der Waals surface area (Å²) in [6, 6.07) is 14.3. The van der Waals surface area contributed by atoms with Gasteiger partial charge >= 0.3 is 0 Å². The minimum Gasteiger partial charge on any atom is -0.379 e. The van der Waals surface area contributed by atoms with Gasteiger partial charge in [-0.15, -0.1) is 0 Å². The summed E-state index contributed by atoms with van der Waals surface area (Å²) in [5.74, 6) is -0.188. The molecule has 7 heteroatoms. The summed E-state index contributed by atoms with van der Waals surface area (Å²) in [6.45, 7) is 1.52. The molecule has 6 nitrogen and oxygen atoms in total. The highest BCUT2D eigenvalue weighted by Crippen LogP contribution is 2.31. The summed E-state index contributed by atoms with van der Waals surface area (Å²) in [7, 11) is -3.55. The van der Waals surface area contributed by atoms with E-state index >= 15 is 0 Å². The summed E-state index contributed by atoms with van der Waals surface area (Å²) < 4.78 is 31.9. The van der Waals surface area contributed by atoms with Crippen LogP contribution in [-0.4, -0.2) is 44.9 Å². The molecule has 4 rings (SSSR count). The maximum absolute atomic E-state index is 12.7. The lowest BCUT2D eigenvalue weighted by molar-refractivity contribution is 0.0730. The molecule has 2 aromatic carbocycles. The molecule has 1 heterocycles. The van der Waals surface area contributed by atoms with Gasteiger partial charge in [0, 0.05) is 18.7 Å². The molecular weight excluding hydrogens is 364 g/mol. The first kappa shape index (κ1) is 18.2. The Bertz CT molecular complexity index is 935. The van der Waals surface area contributed by atoms with E-state index in [0.29, 0.717) is 31.9 Å². The maximum Gasteiger partial charge on any atom is 0.251 e. The fraction of sp³-hybridized carbons (Fsp3) is 0.350. The lowest BCUT2D eigenvalue weighted by Crippen LogP contribution is -2.40. The number of sulfonamides is 1. The molecule has 1 aliphatic carbocycles. The molecule has 0 radical (unpaired) electrons. The van der Waals surface area contributed by atoms with Gasteiger partial charge < -0.3 is 10.1 Å². The number of amides is 1. The van der Waals surface area contributed by atoms with E-state index in [1.165, 1.54) is 22.0 Å². The number of ether oxygens (including phenoxy) is 1. The van der Waals surface area contributed by atoms with Crippen molar-refractivity contribution in [3.05, 3.63) is 65.2 Å². The summed E-state index contributed by atoms with van der Waals surface area (Å²) in [5, 5.41) is 3.06. The molecule has 1 N–H and O–H groups in total. The summed E-state index contributed by atoms with van der Waals surface area (Å²) in [5.41, 5.74) is 2.90. The van der Waals surface area contributed by atoms with E-state index in [0.717, 1.165) is 18.4 Å². The van der Waals surface area contributed by atoms with Crippen LogP contribution in [0.5, 0.6) is 0 Å². The molecule has 1 fully saturated rings. The molecule has 2 aromatic rings. The molecule has 1 atom stereocenters. The largest absolute Gasteiger partial charge is 0.379 e. The van der Waals surface area contributed by atoms with E-state index < -0.39 is 10.0 Å². The second-order valence-corrected chi connectivity index (χ2v) is 8.74. The molecule has 1 amide bonds. The van der Waals surface area contributed by atoms with Crippen LogP contribution in [0.4, 0.5) is 0 Å². The number of hydrogen-bond donors (Lipinski definition) is 1. The van der Waals surface area contributed by atoms with Gasteiger partial charge in [0.25, 0.3) is 5.91 Å². The van der Waals surface area contributed by atoms with Crippen molar-refractivity contribution in [1.29, 1.82) is 0 Å². The van der Waals surface area contributed by atoms with Gasteiger partial charge in [0.2, 0.25) is 10.0 Å². The first-order valence-corrected chi connectivity index (χ1v) is 10.6. The minimum atomic E-state index is -3.55. The average Bonchev–Trinajstić information content (AvgIpc) is 3.12. The van der Waals surface area contributed by atoms with Gasteiger partial charge in [-0.25, -0.2) is 8.42 Å². The van der Waals surface area contributed by atoms with Crippen molar-refractivity contribution < 1.29 is 17.9 Å². The quantitative estimate of drug-likeness (QED) is 0.873. The Hall–Kier alpha value is -2.22. The lowest BCUT2D eigenvalue weighted by atomic mass is 10.1. The van der Waals surface area contributed by atoms with Crippen LogP contribution in [0.25, 0.3) is 0 Å². The molecule has 0 saturated carbocycles. The number of carbonyl (C=O) groups excluding carboxylic acids is 1. The SMILES string of the molecule is O=C(N[C@@H]1CCc2ccccc21)c1ccc(S(=O)(=O)N2CCOCC2)cc1. The molecule has 2 aliphatic rings. The molecule has 0 bridgehead atoms. The summed E-state index contributed by atoms with van der Waals surface area (Å²) in [4.78, 5) is 12.8. The Morgan fingerprint density at radius 2 is 1.74 bits per heavy atom. The van der Waals surface area contributed by atoms with Crippen molar-refractivity contribution in [1.82, 2.24) is 9.62 Å². The number of hydrogen-bond acceptors (Lipinski definition) is 4. The Kier molecular flexibility index (Phi) is 4.99. The molecule has 27 heavy (non-hydrogen) atoms. The second kappa shape index (κ2) is 7.42. The molecule has 0 unspecified atom stereocenters. The van der Waals surface area contributed by atoms with Gasteiger partial charge in [-0.05, 0) is 48.2 Å². The number of nitrogens with zero attached hydrogens (tertiary/aromatic N) is 1. The molecule has 1 saturated heterocycles. The standard InChI is InChI=1S/C20H22N2O4S/c23-20(21-19-10-7-15-3-1-2-4-18(15)19)16-5-8-17(9-6-16)27(24,25)22-11-13-26-14-12-22/h1-6,8-9,19H,7,10-14H2,(H,21,23)/t19-/m1/s1. The predicted octanol–water partition coefficient (Wildman–Crippen LogP) is 2.12. The Morgan fingerprint density at radius 1 is 1.04 bits per heavy atom. The zero-order valence-corrected chi connectivity index (χ0v) is 15.7. The van der Waals surface area contributed by atoms with Gasteiger partial charge in [0.15, 0.2) is 0 Å². The third kappa shape index (κ3) is 3.63. The molecule has 1 aliphatic heterocycles. The zero-order valence-electron chi connectivity index (χ0n) is 14.9. The number of carbonyl (C=O) groups is 1. The summed E-state index contributed by atoms with van der Waals surface area (Å²) >= 11 is 0. The van der Waals surface area contributed by atoms with Crippen molar-refractivity contribution in [2.75, 3.05) is 26.3 Å². The zero-order chi connectivity index (χ0) is 18.9. The van der Waals surface area contributed by atoms with E-state index in [-0.39, 0.29) is 16.8 Å². The first-order chi connectivity index (χ1) is 13.1. The van der Waals surface area contributed by atoms with Crippen LogP contribution in [0, 0.1) is 0 Å². The van der Waals surface area contributed by atoms with Crippen LogP contribution in [-0.2, 0) is 21.2 Å². The van der Waals surface area contributed by atoms with Crippen molar-refractivity contribution in [2.24, 2.45) is 0 Å². The topological polar surface area (TPSA) is 75.7 Å². The van der Waals surface area contributed by atoms with Crippen molar-refractivity contribution in [3.63, 3.8) is 0 Å². The van der Waals surface area contributed by atoms with Crippen molar-refractivity contribution in [2.45, 2.75) is 23.8 Å². The number of fused-ring (bicyclic) bond motifs is 1.